The van der Waals surface area contributed by atoms with E-state index in [0.29, 0.717) is 48.8 Å². The van der Waals surface area contributed by atoms with Gasteiger partial charge in [0.1, 0.15) is 6.04 Å². The maximum atomic E-state index is 12.9. The monoisotopic (exact) mass is 384 g/mol. The molecule has 2 amide bonds. The minimum absolute atomic E-state index is 0.0715. The Labute approximate surface area is 164 Å². The fraction of sp³-hybridized carbons (Fsp3) is 0.333. The number of para-hydroxylation sites is 1. The lowest BCUT2D eigenvalue weighted by molar-refractivity contribution is -0.123. The Bertz CT molecular complexity index is 810. The number of carbonyl (C=O) groups excluding carboxylic acids is 2. The molecule has 2 aromatic carbocycles. The zero-order valence-electron chi connectivity index (χ0n) is 15.8. The van der Waals surface area contributed by atoms with Crippen molar-refractivity contribution in [2.45, 2.75) is 19.4 Å². The van der Waals surface area contributed by atoms with Gasteiger partial charge in [-0.15, -0.1) is 0 Å². The third-order valence-corrected chi connectivity index (χ3v) is 4.28. The van der Waals surface area contributed by atoms with Crippen LogP contribution in [0.4, 0.5) is 0 Å². The van der Waals surface area contributed by atoms with E-state index in [9.17, 15) is 9.59 Å². The highest BCUT2D eigenvalue weighted by atomic mass is 16.7. The van der Waals surface area contributed by atoms with E-state index >= 15 is 0 Å². The molecule has 0 aliphatic carbocycles. The average molecular weight is 384 g/mol. The highest BCUT2D eigenvalue weighted by Crippen LogP contribution is 2.35. The second-order valence-corrected chi connectivity index (χ2v) is 6.20. The van der Waals surface area contributed by atoms with Gasteiger partial charge in [0, 0.05) is 19.8 Å². The highest BCUT2D eigenvalue weighted by Gasteiger charge is 2.27. The highest BCUT2D eigenvalue weighted by molar-refractivity contribution is 6.00. The number of amides is 2. The lowest BCUT2D eigenvalue weighted by Crippen LogP contribution is -2.41. The fourth-order valence-electron chi connectivity index (χ4n) is 2.90. The van der Waals surface area contributed by atoms with Crippen LogP contribution in [0.3, 0.4) is 0 Å². The first kappa shape index (κ1) is 19.7. The van der Waals surface area contributed by atoms with E-state index in [1.807, 2.05) is 25.1 Å². The molecule has 0 saturated heterocycles. The van der Waals surface area contributed by atoms with E-state index in [1.54, 1.807) is 30.3 Å². The van der Waals surface area contributed by atoms with Gasteiger partial charge in [-0.05, 0) is 31.0 Å². The summed E-state index contributed by atoms with van der Waals surface area (Å²) >= 11 is 0. The Morgan fingerprint density at radius 1 is 1.11 bits per heavy atom. The summed E-state index contributed by atoms with van der Waals surface area (Å²) in [7, 11) is 0. The van der Waals surface area contributed by atoms with Crippen LogP contribution in [0.5, 0.6) is 11.5 Å². The predicted molar refractivity (Wildman–Crippen MR) is 103 cm³/mol. The molecule has 7 nitrogen and oxygen atoms in total. The topological polar surface area (TPSA) is 85.9 Å². The maximum absolute atomic E-state index is 12.9. The van der Waals surface area contributed by atoms with E-state index in [4.69, 9.17) is 14.2 Å². The van der Waals surface area contributed by atoms with Gasteiger partial charge in [-0.25, -0.2) is 0 Å². The fourth-order valence-corrected chi connectivity index (χ4v) is 2.90. The number of carbonyl (C=O) groups is 2. The van der Waals surface area contributed by atoms with Crippen molar-refractivity contribution in [1.82, 2.24) is 10.6 Å². The SMILES string of the molecule is CCOCCCNC(=O)C(NC(=O)c1cccc2c1OCO2)c1ccccc1. The molecular weight excluding hydrogens is 360 g/mol. The number of rotatable bonds is 9. The van der Waals surface area contributed by atoms with Crippen LogP contribution >= 0.6 is 0 Å². The molecule has 0 aromatic heterocycles. The molecule has 1 unspecified atom stereocenters. The molecule has 7 heteroatoms. The van der Waals surface area contributed by atoms with Crippen molar-refractivity contribution in [2.75, 3.05) is 26.6 Å². The number of hydrogen-bond acceptors (Lipinski definition) is 5. The molecule has 0 bridgehead atoms. The van der Waals surface area contributed by atoms with Gasteiger partial charge in [0.05, 0.1) is 5.56 Å². The number of ether oxygens (including phenoxy) is 3. The molecule has 0 spiro atoms. The molecule has 0 saturated carbocycles. The van der Waals surface area contributed by atoms with Crippen molar-refractivity contribution in [3.63, 3.8) is 0 Å². The Hall–Kier alpha value is -3.06. The number of fused-ring (bicyclic) bond motifs is 1. The van der Waals surface area contributed by atoms with Crippen LogP contribution in [0.2, 0.25) is 0 Å². The molecule has 1 atom stereocenters. The van der Waals surface area contributed by atoms with E-state index in [0.717, 1.165) is 0 Å². The van der Waals surface area contributed by atoms with Crippen molar-refractivity contribution >= 4 is 11.8 Å². The second-order valence-electron chi connectivity index (χ2n) is 6.20. The van der Waals surface area contributed by atoms with Crippen LogP contribution in [0, 0.1) is 0 Å². The van der Waals surface area contributed by atoms with Gasteiger partial charge in [-0.2, -0.15) is 0 Å². The Morgan fingerprint density at radius 2 is 1.93 bits per heavy atom. The normalized spacial score (nSPS) is 13.0. The first-order valence-electron chi connectivity index (χ1n) is 9.30. The Kier molecular flexibility index (Phi) is 6.86. The summed E-state index contributed by atoms with van der Waals surface area (Å²) in [5.74, 6) is 0.231. The van der Waals surface area contributed by atoms with Crippen molar-refractivity contribution in [3.05, 3.63) is 59.7 Å². The zero-order valence-corrected chi connectivity index (χ0v) is 15.8. The first-order valence-corrected chi connectivity index (χ1v) is 9.30. The average Bonchev–Trinajstić information content (AvgIpc) is 3.21. The molecule has 1 aliphatic rings. The summed E-state index contributed by atoms with van der Waals surface area (Å²) in [5.41, 5.74) is 1.03. The first-order chi connectivity index (χ1) is 13.7. The molecule has 0 radical (unpaired) electrons. The summed E-state index contributed by atoms with van der Waals surface area (Å²) in [5, 5.41) is 5.67. The van der Waals surface area contributed by atoms with Crippen LogP contribution in [-0.4, -0.2) is 38.4 Å². The molecule has 3 rings (SSSR count). The summed E-state index contributed by atoms with van der Waals surface area (Å²) in [4.78, 5) is 25.6. The molecule has 2 aromatic rings. The lowest BCUT2D eigenvalue weighted by atomic mass is 10.0. The predicted octanol–water partition coefficient (Wildman–Crippen LogP) is 2.43. The number of hydrogen-bond donors (Lipinski definition) is 2. The standard InChI is InChI=1S/C21H24N2O5/c1-2-26-13-7-12-22-21(25)18(15-8-4-3-5-9-15)23-20(24)16-10-6-11-17-19(16)28-14-27-17/h3-6,8-11,18H,2,7,12-14H2,1H3,(H,22,25)(H,23,24). The molecule has 1 heterocycles. The van der Waals surface area contributed by atoms with Crippen molar-refractivity contribution in [3.8, 4) is 11.5 Å². The van der Waals surface area contributed by atoms with E-state index < -0.39 is 11.9 Å². The minimum Gasteiger partial charge on any atom is -0.454 e. The molecule has 148 valence electrons. The molecule has 2 N–H and O–H groups in total. The summed E-state index contributed by atoms with van der Waals surface area (Å²) in [6, 6.07) is 13.4. The number of nitrogens with one attached hydrogen (secondary N) is 2. The van der Waals surface area contributed by atoms with Crippen molar-refractivity contribution < 1.29 is 23.8 Å². The molecule has 1 aliphatic heterocycles. The van der Waals surface area contributed by atoms with Crippen LogP contribution in [0.25, 0.3) is 0 Å². The molecule has 28 heavy (non-hydrogen) atoms. The lowest BCUT2D eigenvalue weighted by Gasteiger charge is -2.19. The zero-order chi connectivity index (χ0) is 19.8. The van der Waals surface area contributed by atoms with Crippen LogP contribution in [0.1, 0.15) is 35.3 Å². The van der Waals surface area contributed by atoms with Gasteiger partial charge < -0.3 is 24.8 Å². The van der Waals surface area contributed by atoms with Gasteiger partial charge in [0.25, 0.3) is 5.91 Å². The summed E-state index contributed by atoms with van der Waals surface area (Å²) in [6.45, 7) is 3.68. The smallest absolute Gasteiger partial charge is 0.256 e. The van der Waals surface area contributed by atoms with Gasteiger partial charge in [0.2, 0.25) is 12.7 Å². The van der Waals surface area contributed by atoms with Gasteiger partial charge in [-0.3, -0.25) is 9.59 Å². The molecule has 0 fully saturated rings. The van der Waals surface area contributed by atoms with Crippen molar-refractivity contribution in [1.29, 1.82) is 0 Å². The maximum Gasteiger partial charge on any atom is 0.256 e. The van der Waals surface area contributed by atoms with E-state index in [1.165, 1.54) is 0 Å². The second kappa shape index (κ2) is 9.75. The van der Waals surface area contributed by atoms with Crippen LogP contribution in [-0.2, 0) is 9.53 Å². The third kappa shape index (κ3) is 4.80. The summed E-state index contributed by atoms with van der Waals surface area (Å²) in [6.07, 6.45) is 0.701. The largest absolute Gasteiger partial charge is 0.454 e. The third-order valence-electron chi connectivity index (χ3n) is 4.28. The van der Waals surface area contributed by atoms with Crippen LogP contribution in [0.15, 0.2) is 48.5 Å². The Balaban J connectivity index is 1.72. The van der Waals surface area contributed by atoms with E-state index in [2.05, 4.69) is 10.6 Å². The van der Waals surface area contributed by atoms with Gasteiger partial charge >= 0.3 is 0 Å². The van der Waals surface area contributed by atoms with Crippen molar-refractivity contribution in [2.24, 2.45) is 0 Å². The summed E-state index contributed by atoms with van der Waals surface area (Å²) < 4.78 is 16.0. The quantitative estimate of drug-likeness (QED) is 0.649. The van der Waals surface area contributed by atoms with Gasteiger partial charge in [0.15, 0.2) is 11.5 Å². The van der Waals surface area contributed by atoms with Gasteiger partial charge in [-0.1, -0.05) is 36.4 Å². The molecular formula is C21H24N2O5. The Morgan fingerprint density at radius 3 is 2.71 bits per heavy atom. The van der Waals surface area contributed by atoms with Crippen LogP contribution < -0.4 is 20.1 Å². The minimum atomic E-state index is -0.820. The van der Waals surface area contributed by atoms with E-state index in [-0.39, 0.29) is 12.7 Å². The number of benzene rings is 2.